The Hall–Kier alpha value is -2.58. The van der Waals surface area contributed by atoms with E-state index >= 15 is 0 Å². The standard InChI is InChI=1S/C21H26ClN3O4S/c1-5-19(25(30(4,28)29)16-10-8-9-15(22)13-16)21(27)24-18-12-7-6-11-17(18)20(26)23-14(2)3/h6-14,19H,5H2,1-4H3,(H,23,26)(H,24,27)/t19-/m1/s1. The summed E-state index contributed by atoms with van der Waals surface area (Å²) >= 11 is 6.03. The molecule has 0 aliphatic carbocycles. The Morgan fingerprint density at radius 1 is 1.10 bits per heavy atom. The number of hydrogen-bond acceptors (Lipinski definition) is 4. The van der Waals surface area contributed by atoms with E-state index in [1.165, 1.54) is 6.07 Å². The number of amides is 2. The topological polar surface area (TPSA) is 95.6 Å². The first-order valence-corrected chi connectivity index (χ1v) is 11.7. The van der Waals surface area contributed by atoms with E-state index in [0.29, 0.717) is 16.3 Å². The third kappa shape index (κ3) is 5.96. The highest BCUT2D eigenvalue weighted by Gasteiger charge is 2.32. The Bertz CT molecular complexity index is 1020. The SMILES string of the molecule is CC[C@H](C(=O)Nc1ccccc1C(=O)NC(C)C)N(c1cccc(Cl)c1)S(C)(=O)=O. The van der Waals surface area contributed by atoms with Crippen LogP contribution in [0.2, 0.25) is 5.02 Å². The molecule has 0 unspecified atom stereocenters. The summed E-state index contributed by atoms with van der Waals surface area (Å²) in [5, 5.41) is 5.85. The highest BCUT2D eigenvalue weighted by molar-refractivity contribution is 7.92. The lowest BCUT2D eigenvalue weighted by Gasteiger charge is -2.30. The summed E-state index contributed by atoms with van der Waals surface area (Å²) in [6.45, 7) is 5.38. The number of rotatable bonds is 8. The van der Waals surface area contributed by atoms with Crippen LogP contribution in [0, 0.1) is 0 Å². The van der Waals surface area contributed by atoms with E-state index in [1.54, 1.807) is 49.4 Å². The van der Waals surface area contributed by atoms with Gasteiger partial charge in [0.2, 0.25) is 15.9 Å². The van der Waals surface area contributed by atoms with Gasteiger partial charge in [-0.2, -0.15) is 0 Å². The molecule has 0 saturated heterocycles. The van der Waals surface area contributed by atoms with E-state index in [1.807, 2.05) is 13.8 Å². The van der Waals surface area contributed by atoms with Crippen LogP contribution in [0.15, 0.2) is 48.5 Å². The highest BCUT2D eigenvalue weighted by Crippen LogP contribution is 2.26. The maximum Gasteiger partial charge on any atom is 0.253 e. The molecular weight excluding hydrogens is 426 g/mol. The van der Waals surface area contributed by atoms with Crippen LogP contribution in [-0.2, 0) is 14.8 Å². The van der Waals surface area contributed by atoms with E-state index in [0.717, 1.165) is 10.6 Å². The Labute approximate surface area is 182 Å². The van der Waals surface area contributed by atoms with Crippen molar-refractivity contribution in [1.82, 2.24) is 5.32 Å². The quantitative estimate of drug-likeness (QED) is 0.640. The molecule has 0 heterocycles. The predicted octanol–water partition coefficient (Wildman–Crippen LogP) is 3.66. The third-order valence-corrected chi connectivity index (χ3v) is 5.66. The van der Waals surface area contributed by atoms with Crippen LogP contribution in [0.5, 0.6) is 0 Å². The van der Waals surface area contributed by atoms with E-state index in [2.05, 4.69) is 10.6 Å². The lowest BCUT2D eigenvalue weighted by atomic mass is 10.1. The summed E-state index contributed by atoms with van der Waals surface area (Å²) in [5.41, 5.74) is 0.888. The van der Waals surface area contributed by atoms with E-state index in [-0.39, 0.29) is 24.1 Å². The number of nitrogens with zero attached hydrogens (tertiary/aromatic N) is 1. The van der Waals surface area contributed by atoms with Crippen molar-refractivity contribution in [3.05, 3.63) is 59.1 Å². The van der Waals surface area contributed by atoms with Crippen molar-refractivity contribution in [2.75, 3.05) is 15.9 Å². The number of carbonyl (C=O) groups is 2. The first-order chi connectivity index (χ1) is 14.0. The number of sulfonamides is 1. The van der Waals surface area contributed by atoms with Gasteiger partial charge in [0, 0.05) is 11.1 Å². The summed E-state index contributed by atoms with van der Waals surface area (Å²) in [6.07, 6.45) is 1.25. The second-order valence-corrected chi connectivity index (χ2v) is 9.42. The largest absolute Gasteiger partial charge is 0.350 e. The van der Waals surface area contributed by atoms with E-state index < -0.39 is 22.0 Å². The number of nitrogens with one attached hydrogen (secondary N) is 2. The first kappa shape index (κ1) is 23.7. The van der Waals surface area contributed by atoms with Gasteiger partial charge in [0.1, 0.15) is 6.04 Å². The smallest absolute Gasteiger partial charge is 0.253 e. The normalized spacial score (nSPS) is 12.3. The number of carbonyl (C=O) groups excluding carboxylic acids is 2. The maximum absolute atomic E-state index is 13.1. The van der Waals surface area contributed by atoms with E-state index in [4.69, 9.17) is 11.6 Å². The molecule has 0 spiro atoms. The second-order valence-electron chi connectivity index (χ2n) is 7.13. The third-order valence-electron chi connectivity index (χ3n) is 4.24. The van der Waals surface area contributed by atoms with Crippen LogP contribution in [0.1, 0.15) is 37.6 Å². The molecule has 162 valence electrons. The van der Waals surface area contributed by atoms with Crippen molar-refractivity contribution in [1.29, 1.82) is 0 Å². The lowest BCUT2D eigenvalue weighted by Crippen LogP contribution is -2.47. The minimum absolute atomic E-state index is 0.0757. The van der Waals surface area contributed by atoms with Gasteiger partial charge < -0.3 is 10.6 Å². The number of para-hydroxylation sites is 1. The summed E-state index contributed by atoms with van der Waals surface area (Å²) in [7, 11) is -3.79. The molecule has 0 fully saturated rings. The number of halogens is 1. The first-order valence-electron chi connectivity index (χ1n) is 9.50. The highest BCUT2D eigenvalue weighted by atomic mass is 35.5. The van der Waals surface area contributed by atoms with Crippen molar-refractivity contribution in [3.63, 3.8) is 0 Å². The Morgan fingerprint density at radius 2 is 1.77 bits per heavy atom. The van der Waals surface area contributed by atoms with Crippen LogP contribution in [0.3, 0.4) is 0 Å². The molecule has 0 aromatic heterocycles. The van der Waals surface area contributed by atoms with Gasteiger partial charge >= 0.3 is 0 Å². The zero-order valence-corrected chi connectivity index (χ0v) is 18.9. The fraction of sp³-hybridized carbons (Fsp3) is 0.333. The predicted molar refractivity (Wildman–Crippen MR) is 121 cm³/mol. The van der Waals surface area contributed by atoms with Gasteiger partial charge in [0.25, 0.3) is 5.91 Å². The van der Waals surface area contributed by atoms with Gasteiger partial charge in [-0.1, -0.05) is 36.7 Å². The molecule has 2 aromatic rings. The Balaban J connectivity index is 2.39. The average molecular weight is 452 g/mol. The molecule has 2 rings (SSSR count). The van der Waals surface area contributed by atoms with Gasteiger partial charge in [-0.15, -0.1) is 0 Å². The van der Waals surface area contributed by atoms with Crippen LogP contribution < -0.4 is 14.9 Å². The van der Waals surface area contributed by atoms with Gasteiger partial charge in [0.15, 0.2) is 0 Å². The fourth-order valence-corrected chi connectivity index (χ4v) is 4.41. The molecule has 7 nitrogen and oxygen atoms in total. The molecule has 0 bridgehead atoms. The van der Waals surface area contributed by atoms with Gasteiger partial charge in [-0.3, -0.25) is 13.9 Å². The van der Waals surface area contributed by atoms with Crippen LogP contribution in [0.4, 0.5) is 11.4 Å². The molecular formula is C21H26ClN3O4S. The zero-order chi connectivity index (χ0) is 22.5. The summed E-state index contributed by atoms with van der Waals surface area (Å²) < 4.78 is 26.1. The minimum atomic E-state index is -3.79. The summed E-state index contributed by atoms with van der Waals surface area (Å²) in [5.74, 6) is -0.878. The second kappa shape index (κ2) is 9.95. The molecule has 30 heavy (non-hydrogen) atoms. The van der Waals surface area contributed by atoms with Crippen molar-refractivity contribution in [2.45, 2.75) is 39.3 Å². The van der Waals surface area contributed by atoms with Crippen molar-refractivity contribution in [3.8, 4) is 0 Å². The summed E-state index contributed by atoms with van der Waals surface area (Å²) in [4.78, 5) is 25.6. The van der Waals surface area contributed by atoms with Gasteiger partial charge in [-0.05, 0) is 50.6 Å². The number of benzene rings is 2. The van der Waals surface area contributed by atoms with E-state index in [9.17, 15) is 18.0 Å². The lowest BCUT2D eigenvalue weighted by molar-refractivity contribution is -0.117. The maximum atomic E-state index is 13.1. The van der Waals surface area contributed by atoms with Crippen LogP contribution in [0.25, 0.3) is 0 Å². The zero-order valence-electron chi connectivity index (χ0n) is 17.3. The fourth-order valence-electron chi connectivity index (χ4n) is 3.02. The van der Waals surface area contributed by atoms with Crippen molar-refractivity contribution < 1.29 is 18.0 Å². The van der Waals surface area contributed by atoms with Gasteiger partial charge in [0.05, 0.1) is 23.2 Å². The molecule has 2 N–H and O–H groups in total. The van der Waals surface area contributed by atoms with Gasteiger partial charge in [-0.25, -0.2) is 8.42 Å². The van der Waals surface area contributed by atoms with Crippen LogP contribution in [-0.4, -0.2) is 38.6 Å². The van der Waals surface area contributed by atoms with Crippen molar-refractivity contribution >= 4 is 44.8 Å². The minimum Gasteiger partial charge on any atom is -0.350 e. The molecule has 0 saturated carbocycles. The Kier molecular flexibility index (Phi) is 7.86. The molecule has 9 heteroatoms. The molecule has 0 aliphatic rings. The molecule has 0 radical (unpaired) electrons. The summed E-state index contributed by atoms with van der Waals surface area (Å²) in [6, 6.07) is 11.8. The Morgan fingerprint density at radius 3 is 2.33 bits per heavy atom. The molecule has 2 amide bonds. The molecule has 1 atom stereocenters. The number of anilines is 2. The molecule has 2 aromatic carbocycles. The van der Waals surface area contributed by atoms with Crippen molar-refractivity contribution in [2.24, 2.45) is 0 Å². The average Bonchev–Trinajstić information content (AvgIpc) is 2.64. The monoisotopic (exact) mass is 451 g/mol. The number of hydrogen-bond donors (Lipinski definition) is 2. The molecule has 0 aliphatic heterocycles. The van der Waals surface area contributed by atoms with Crippen LogP contribution >= 0.6 is 11.6 Å².